The van der Waals surface area contributed by atoms with Gasteiger partial charge in [0.05, 0.1) is 16.5 Å². The third-order valence-electron chi connectivity index (χ3n) is 4.71. The van der Waals surface area contributed by atoms with Crippen LogP contribution in [0.5, 0.6) is 5.75 Å². The van der Waals surface area contributed by atoms with Gasteiger partial charge in [-0.2, -0.15) is 0 Å². The van der Waals surface area contributed by atoms with E-state index in [4.69, 9.17) is 4.74 Å². The first kappa shape index (κ1) is 25.1. The van der Waals surface area contributed by atoms with Crippen LogP contribution in [0.3, 0.4) is 0 Å². The molecule has 0 atom stereocenters. The van der Waals surface area contributed by atoms with Crippen molar-refractivity contribution in [1.29, 1.82) is 0 Å². The number of hydrogen-bond acceptors (Lipinski definition) is 5. The number of methoxy groups -OCH3 is 1. The summed E-state index contributed by atoms with van der Waals surface area (Å²) in [6.45, 7) is 1.88. The van der Waals surface area contributed by atoms with E-state index in [1.54, 1.807) is 42.5 Å². The van der Waals surface area contributed by atoms with Gasteiger partial charge in [0.2, 0.25) is 0 Å². The van der Waals surface area contributed by atoms with Crippen molar-refractivity contribution in [1.82, 2.24) is 5.32 Å². The first-order valence-corrected chi connectivity index (χ1v) is 11.4. The second-order valence-corrected chi connectivity index (χ2v) is 8.84. The van der Waals surface area contributed by atoms with Crippen molar-refractivity contribution in [2.24, 2.45) is 0 Å². The second kappa shape index (κ2) is 11.1. The van der Waals surface area contributed by atoms with Gasteiger partial charge in [0.1, 0.15) is 11.4 Å². The fourth-order valence-corrected chi connectivity index (χ4v) is 3.76. The fraction of sp³-hybridized carbons (Fsp3) is 0.0833. The number of anilines is 1. The number of carbonyl (C=O) groups is 2. The molecule has 2 amide bonds. The summed E-state index contributed by atoms with van der Waals surface area (Å²) in [5.41, 5.74) is 1.87. The SMILES string of the molecule is COc1ccc(C(=O)N/C(=C\c2cccc([N+](=O)[O-])c2)C(=O)Nc2ccc(Br)c(C)c2)cc1Br. The number of nitrogens with one attached hydrogen (secondary N) is 2. The average molecular weight is 589 g/mol. The topological polar surface area (TPSA) is 111 Å². The Morgan fingerprint density at radius 3 is 2.44 bits per heavy atom. The number of hydrogen-bond donors (Lipinski definition) is 2. The molecule has 0 aromatic heterocycles. The highest BCUT2D eigenvalue weighted by atomic mass is 79.9. The molecule has 3 aromatic rings. The summed E-state index contributed by atoms with van der Waals surface area (Å²) < 4.78 is 6.64. The van der Waals surface area contributed by atoms with Crippen molar-refractivity contribution in [3.63, 3.8) is 0 Å². The Morgan fingerprint density at radius 2 is 1.79 bits per heavy atom. The molecule has 0 radical (unpaired) electrons. The molecule has 10 heteroatoms. The number of halogens is 2. The van der Waals surface area contributed by atoms with Crippen LogP contribution in [0.25, 0.3) is 6.08 Å². The van der Waals surface area contributed by atoms with Gasteiger partial charge in [-0.3, -0.25) is 19.7 Å². The number of benzene rings is 3. The predicted molar refractivity (Wildman–Crippen MR) is 137 cm³/mol. The number of amides is 2. The zero-order valence-electron chi connectivity index (χ0n) is 18.1. The zero-order valence-corrected chi connectivity index (χ0v) is 21.3. The highest BCUT2D eigenvalue weighted by Crippen LogP contribution is 2.26. The lowest BCUT2D eigenvalue weighted by molar-refractivity contribution is -0.384. The molecule has 174 valence electrons. The minimum Gasteiger partial charge on any atom is -0.496 e. The van der Waals surface area contributed by atoms with E-state index < -0.39 is 16.7 Å². The van der Waals surface area contributed by atoms with Crippen molar-refractivity contribution < 1.29 is 19.2 Å². The van der Waals surface area contributed by atoms with Crippen LogP contribution < -0.4 is 15.4 Å². The number of nitrogens with zero attached hydrogens (tertiary/aromatic N) is 1. The molecule has 3 aromatic carbocycles. The van der Waals surface area contributed by atoms with Gasteiger partial charge in [-0.05, 0) is 76.5 Å². The summed E-state index contributed by atoms with van der Waals surface area (Å²) in [4.78, 5) is 36.6. The molecule has 3 rings (SSSR count). The highest BCUT2D eigenvalue weighted by Gasteiger charge is 2.17. The van der Waals surface area contributed by atoms with E-state index in [1.807, 2.05) is 6.92 Å². The van der Waals surface area contributed by atoms with Crippen LogP contribution in [0.15, 0.2) is 75.3 Å². The van der Waals surface area contributed by atoms with Gasteiger partial charge < -0.3 is 15.4 Å². The minimum absolute atomic E-state index is 0.0852. The van der Waals surface area contributed by atoms with Crippen molar-refractivity contribution in [2.45, 2.75) is 6.92 Å². The molecule has 0 saturated carbocycles. The predicted octanol–water partition coefficient (Wildman–Crippen LogP) is 5.85. The number of nitro groups is 1. The van der Waals surface area contributed by atoms with Crippen LogP contribution >= 0.6 is 31.9 Å². The standard InChI is InChI=1S/C24H19Br2N3O5/c1-14-10-17(7-8-19(14)25)27-24(31)21(12-15-4-3-5-18(11-15)29(32)33)28-23(30)16-6-9-22(34-2)20(26)13-16/h3-13H,1-2H3,(H,27,31)(H,28,30)/b21-12-. The molecule has 0 aliphatic carbocycles. The fourth-order valence-electron chi connectivity index (χ4n) is 2.98. The molecule has 0 heterocycles. The molecule has 0 unspecified atom stereocenters. The van der Waals surface area contributed by atoms with E-state index in [-0.39, 0.29) is 16.9 Å². The van der Waals surface area contributed by atoms with Gasteiger partial charge >= 0.3 is 0 Å². The third kappa shape index (κ3) is 6.30. The van der Waals surface area contributed by atoms with E-state index in [2.05, 4.69) is 42.5 Å². The van der Waals surface area contributed by atoms with Crippen LogP contribution in [0.2, 0.25) is 0 Å². The molecule has 0 fully saturated rings. The summed E-state index contributed by atoms with van der Waals surface area (Å²) in [7, 11) is 1.51. The van der Waals surface area contributed by atoms with Crippen LogP contribution in [0.4, 0.5) is 11.4 Å². The summed E-state index contributed by atoms with van der Waals surface area (Å²) in [6.07, 6.45) is 1.38. The smallest absolute Gasteiger partial charge is 0.272 e. The molecular weight excluding hydrogens is 570 g/mol. The quantitative estimate of drug-likeness (QED) is 0.204. The normalized spacial score (nSPS) is 11.0. The largest absolute Gasteiger partial charge is 0.496 e. The van der Waals surface area contributed by atoms with Crippen LogP contribution in [0.1, 0.15) is 21.5 Å². The Kier molecular flexibility index (Phi) is 8.19. The Bertz CT molecular complexity index is 1310. The lowest BCUT2D eigenvalue weighted by Gasteiger charge is -2.13. The lowest BCUT2D eigenvalue weighted by atomic mass is 10.1. The zero-order chi connectivity index (χ0) is 24.8. The maximum absolute atomic E-state index is 13.1. The molecule has 0 aliphatic heterocycles. The number of non-ortho nitro benzene ring substituents is 1. The maximum Gasteiger partial charge on any atom is 0.272 e. The number of rotatable bonds is 7. The molecular formula is C24H19Br2N3O5. The van der Waals surface area contributed by atoms with Crippen LogP contribution in [0, 0.1) is 17.0 Å². The van der Waals surface area contributed by atoms with E-state index in [9.17, 15) is 19.7 Å². The molecule has 0 spiro atoms. The van der Waals surface area contributed by atoms with Crippen molar-refractivity contribution in [2.75, 3.05) is 12.4 Å². The Balaban J connectivity index is 1.95. The summed E-state index contributed by atoms with van der Waals surface area (Å²) in [5, 5.41) is 16.5. The molecule has 34 heavy (non-hydrogen) atoms. The van der Waals surface area contributed by atoms with Crippen molar-refractivity contribution in [3.05, 3.63) is 102 Å². The summed E-state index contributed by atoms with van der Waals surface area (Å²) >= 11 is 6.75. The Hall–Kier alpha value is -3.50. The minimum atomic E-state index is -0.589. The summed E-state index contributed by atoms with van der Waals surface area (Å²) in [5.74, 6) is -0.580. The van der Waals surface area contributed by atoms with Gasteiger partial charge in [0.25, 0.3) is 17.5 Å². The first-order valence-electron chi connectivity index (χ1n) is 9.86. The van der Waals surface area contributed by atoms with E-state index >= 15 is 0 Å². The Morgan fingerprint density at radius 1 is 1.03 bits per heavy atom. The van der Waals surface area contributed by atoms with E-state index in [0.717, 1.165) is 10.0 Å². The lowest BCUT2D eigenvalue weighted by Crippen LogP contribution is -2.30. The monoisotopic (exact) mass is 587 g/mol. The van der Waals surface area contributed by atoms with Crippen molar-refractivity contribution >= 4 is 61.1 Å². The molecule has 0 saturated heterocycles. The second-order valence-electron chi connectivity index (χ2n) is 7.13. The summed E-state index contributed by atoms with van der Waals surface area (Å²) in [6, 6.07) is 15.8. The number of carbonyl (C=O) groups excluding carboxylic acids is 2. The van der Waals surface area contributed by atoms with E-state index in [1.165, 1.54) is 31.4 Å². The number of nitro benzene ring substituents is 1. The van der Waals surface area contributed by atoms with E-state index in [0.29, 0.717) is 21.5 Å². The molecule has 2 N–H and O–H groups in total. The average Bonchev–Trinajstić information content (AvgIpc) is 2.81. The van der Waals surface area contributed by atoms with Crippen LogP contribution in [-0.4, -0.2) is 23.8 Å². The Labute approximate surface area is 212 Å². The number of aryl methyl sites for hydroxylation is 1. The number of ether oxygens (including phenoxy) is 1. The molecule has 8 nitrogen and oxygen atoms in total. The van der Waals surface area contributed by atoms with Crippen molar-refractivity contribution in [3.8, 4) is 5.75 Å². The van der Waals surface area contributed by atoms with Gasteiger partial charge in [0, 0.05) is 27.9 Å². The van der Waals surface area contributed by atoms with Gasteiger partial charge in [-0.15, -0.1) is 0 Å². The van der Waals surface area contributed by atoms with Crippen LogP contribution in [-0.2, 0) is 4.79 Å². The van der Waals surface area contributed by atoms with Gasteiger partial charge in [-0.25, -0.2) is 0 Å². The molecule has 0 bridgehead atoms. The van der Waals surface area contributed by atoms with Gasteiger partial charge in [-0.1, -0.05) is 28.1 Å². The van der Waals surface area contributed by atoms with Gasteiger partial charge in [0.15, 0.2) is 0 Å². The third-order valence-corrected chi connectivity index (χ3v) is 6.22. The maximum atomic E-state index is 13.1. The highest BCUT2D eigenvalue weighted by molar-refractivity contribution is 9.10. The first-order chi connectivity index (χ1) is 16.2. The molecule has 0 aliphatic rings.